The van der Waals surface area contributed by atoms with Crippen LogP contribution in [0.4, 0.5) is 0 Å². The minimum absolute atomic E-state index is 0.111. The number of hydrogen-bond donors (Lipinski definition) is 0. The van der Waals surface area contributed by atoms with Crippen LogP contribution in [-0.4, -0.2) is 14.8 Å². The summed E-state index contributed by atoms with van der Waals surface area (Å²) in [4.78, 5) is 0. The number of benzene rings is 4. The van der Waals surface area contributed by atoms with Crippen LogP contribution in [-0.2, 0) is 0 Å². The van der Waals surface area contributed by atoms with E-state index in [-0.39, 0.29) is 5.92 Å². The lowest BCUT2D eigenvalue weighted by Gasteiger charge is -2.17. The molecule has 0 aliphatic heterocycles. The van der Waals surface area contributed by atoms with Gasteiger partial charge in [-0.25, -0.2) is 0 Å². The standard InChI is InChI=1S/C26H21N3/c1-19(20-11-4-2-5-12-20)25-27-28-26(22-14-6-3-7-15-22)29(25)24-18-10-16-21-13-8-9-17-23(21)24/h2-19H,1H3/t19-/m0/s1. The Balaban J connectivity index is 1.79. The van der Waals surface area contributed by atoms with Gasteiger partial charge in [0.15, 0.2) is 5.82 Å². The molecular formula is C26H21N3. The number of aromatic nitrogens is 3. The highest BCUT2D eigenvalue weighted by Crippen LogP contribution is 2.32. The Labute approximate surface area is 170 Å². The van der Waals surface area contributed by atoms with E-state index in [2.05, 4.69) is 101 Å². The first kappa shape index (κ1) is 17.4. The molecule has 1 aromatic heterocycles. The summed E-state index contributed by atoms with van der Waals surface area (Å²) in [6, 6.07) is 35.6. The lowest BCUT2D eigenvalue weighted by Crippen LogP contribution is -2.08. The summed E-state index contributed by atoms with van der Waals surface area (Å²) in [6.45, 7) is 2.19. The van der Waals surface area contributed by atoms with Gasteiger partial charge in [-0.3, -0.25) is 4.57 Å². The fraction of sp³-hybridized carbons (Fsp3) is 0.0769. The predicted molar refractivity (Wildman–Crippen MR) is 118 cm³/mol. The van der Waals surface area contributed by atoms with Gasteiger partial charge in [0.25, 0.3) is 0 Å². The second-order valence-corrected chi connectivity index (χ2v) is 7.21. The molecule has 0 saturated carbocycles. The van der Waals surface area contributed by atoms with Gasteiger partial charge in [0.1, 0.15) is 5.82 Å². The van der Waals surface area contributed by atoms with Crippen LogP contribution in [0.1, 0.15) is 24.2 Å². The highest BCUT2D eigenvalue weighted by atomic mass is 15.3. The van der Waals surface area contributed by atoms with Crippen LogP contribution in [0.15, 0.2) is 103 Å². The van der Waals surface area contributed by atoms with Crippen LogP contribution in [0.25, 0.3) is 27.8 Å². The molecule has 0 N–H and O–H groups in total. The quantitative estimate of drug-likeness (QED) is 0.372. The smallest absolute Gasteiger partial charge is 0.168 e. The number of fused-ring (bicyclic) bond motifs is 1. The lowest BCUT2D eigenvalue weighted by molar-refractivity contribution is 0.784. The predicted octanol–water partition coefficient (Wildman–Crippen LogP) is 6.24. The summed E-state index contributed by atoms with van der Waals surface area (Å²) in [5.41, 5.74) is 3.38. The van der Waals surface area contributed by atoms with Gasteiger partial charge < -0.3 is 0 Å². The molecule has 5 rings (SSSR count). The molecule has 0 radical (unpaired) electrons. The van der Waals surface area contributed by atoms with E-state index >= 15 is 0 Å². The molecule has 5 aromatic rings. The first-order chi connectivity index (χ1) is 14.3. The minimum atomic E-state index is 0.111. The SMILES string of the molecule is C[C@@H](c1ccccc1)c1nnc(-c2ccccc2)n1-c1cccc2ccccc12. The van der Waals surface area contributed by atoms with Gasteiger partial charge in [-0.05, 0) is 17.0 Å². The Hall–Kier alpha value is -3.72. The van der Waals surface area contributed by atoms with Gasteiger partial charge in [-0.15, -0.1) is 10.2 Å². The van der Waals surface area contributed by atoms with Crippen molar-refractivity contribution < 1.29 is 0 Å². The van der Waals surface area contributed by atoms with Gasteiger partial charge in [0.2, 0.25) is 0 Å². The Kier molecular flexibility index (Phi) is 4.41. The maximum atomic E-state index is 4.66. The summed E-state index contributed by atoms with van der Waals surface area (Å²) in [5, 5.41) is 11.7. The van der Waals surface area contributed by atoms with E-state index in [9.17, 15) is 0 Å². The van der Waals surface area contributed by atoms with Crippen molar-refractivity contribution >= 4 is 10.8 Å². The van der Waals surface area contributed by atoms with E-state index in [1.165, 1.54) is 16.3 Å². The zero-order valence-corrected chi connectivity index (χ0v) is 16.2. The van der Waals surface area contributed by atoms with Gasteiger partial charge in [0, 0.05) is 16.9 Å². The summed E-state index contributed by atoms with van der Waals surface area (Å²) in [5.74, 6) is 1.91. The molecule has 4 aromatic carbocycles. The average Bonchev–Trinajstić information content (AvgIpc) is 3.24. The van der Waals surface area contributed by atoms with Crippen molar-refractivity contribution in [1.29, 1.82) is 0 Å². The van der Waals surface area contributed by atoms with E-state index in [1.807, 2.05) is 24.3 Å². The fourth-order valence-corrected chi connectivity index (χ4v) is 3.88. The maximum absolute atomic E-state index is 4.66. The Morgan fingerprint density at radius 3 is 2.10 bits per heavy atom. The molecule has 0 saturated heterocycles. The van der Waals surface area contributed by atoms with E-state index in [0.717, 1.165) is 22.9 Å². The molecule has 0 amide bonds. The van der Waals surface area contributed by atoms with E-state index in [0.29, 0.717) is 0 Å². The van der Waals surface area contributed by atoms with Crippen molar-refractivity contribution in [2.24, 2.45) is 0 Å². The topological polar surface area (TPSA) is 30.7 Å². The molecule has 1 heterocycles. The molecule has 0 aliphatic carbocycles. The van der Waals surface area contributed by atoms with Crippen molar-refractivity contribution in [3.63, 3.8) is 0 Å². The van der Waals surface area contributed by atoms with Gasteiger partial charge in [-0.1, -0.05) is 104 Å². The maximum Gasteiger partial charge on any atom is 0.168 e. The zero-order chi connectivity index (χ0) is 19.6. The number of hydrogen-bond acceptors (Lipinski definition) is 2. The van der Waals surface area contributed by atoms with E-state index in [4.69, 9.17) is 0 Å². The van der Waals surface area contributed by atoms with Crippen molar-refractivity contribution in [3.05, 3.63) is 115 Å². The van der Waals surface area contributed by atoms with Gasteiger partial charge >= 0.3 is 0 Å². The van der Waals surface area contributed by atoms with E-state index < -0.39 is 0 Å². The molecular weight excluding hydrogens is 354 g/mol. The molecule has 29 heavy (non-hydrogen) atoms. The third kappa shape index (κ3) is 3.11. The molecule has 0 fully saturated rings. The second-order valence-electron chi connectivity index (χ2n) is 7.21. The summed E-state index contributed by atoms with van der Waals surface area (Å²) in [6.07, 6.45) is 0. The van der Waals surface area contributed by atoms with Crippen molar-refractivity contribution in [2.45, 2.75) is 12.8 Å². The van der Waals surface area contributed by atoms with Crippen LogP contribution in [0.2, 0.25) is 0 Å². The normalized spacial score (nSPS) is 12.2. The van der Waals surface area contributed by atoms with Crippen LogP contribution in [0.5, 0.6) is 0 Å². The summed E-state index contributed by atoms with van der Waals surface area (Å²) < 4.78 is 2.22. The molecule has 140 valence electrons. The van der Waals surface area contributed by atoms with Gasteiger partial charge in [-0.2, -0.15) is 0 Å². The number of nitrogens with zero attached hydrogens (tertiary/aromatic N) is 3. The molecule has 0 aliphatic rings. The molecule has 0 unspecified atom stereocenters. The fourth-order valence-electron chi connectivity index (χ4n) is 3.88. The van der Waals surface area contributed by atoms with Crippen LogP contribution < -0.4 is 0 Å². The molecule has 3 heteroatoms. The molecule has 0 bridgehead atoms. The monoisotopic (exact) mass is 375 g/mol. The summed E-state index contributed by atoms with van der Waals surface area (Å²) in [7, 11) is 0. The van der Waals surface area contributed by atoms with Gasteiger partial charge in [0.05, 0.1) is 5.69 Å². The van der Waals surface area contributed by atoms with E-state index in [1.54, 1.807) is 0 Å². The van der Waals surface area contributed by atoms with Crippen molar-refractivity contribution in [1.82, 2.24) is 14.8 Å². The zero-order valence-electron chi connectivity index (χ0n) is 16.2. The molecule has 0 spiro atoms. The Morgan fingerprint density at radius 1 is 0.655 bits per heavy atom. The second kappa shape index (κ2) is 7.36. The summed E-state index contributed by atoms with van der Waals surface area (Å²) >= 11 is 0. The lowest BCUT2D eigenvalue weighted by atomic mass is 10.00. The van der Waals surface area contributed by atoms with Crippen LogP contribution in [0.3, 0.4) is 0 Å². The average molecular weight is 375 g/mol. The molecule has 1 atom stereocenters. The first-order valence-corrected chi connectivity index (χ1v) is 9.87. The third-order valence-corrected chi connectivity index (χ3v) is 5.41. The number of rotatable bonds is 4. The highest BCUT2D eigenvalue weighted by Gasteiger charge is 2.22. The van der Waals surface area contributed by atoms with Crippen LogP contribution in [0, 0.1) is 0 Å². The Bertz CT molecular complexity index is 1250. The first-order valence-electron chi connectivity index (χ1n) is 9.87. The Morgan fingerprint density at radius 2 is 1.31 bits per heavy atom. The van der Waals surface area contributed by atoms with Crippen molar-refractivity contribution in [2.75, 3.05) is 0 Å². The molecule has 3 nitrogen and oxygen atoms in total. The largest absolute Gasteiger partial charge is 0.278 e. The van der Waals surface area contributed by atoms with Crippen LogP contribution >= 0.6 is 0 Å². The van der Waals surface area contributed by atoms with Crippen molar-refractivity contribution in [3.8, 4) is 17.1 Å². The highest BCUT2D eigenvalue weighted by molar-refractivity contribution is 5.90. The minimum Gasteiger partial charge on any atom is -0.278 e. The third-order valence-electron chi connectivity index (χ3n) is 5.41.